The van der Waals surface area contributed by atoms with Crippen molar-refractivity contribution in [1.82, 2.24) is 10.6 Å². The molecule has 3 nitrogen and oxygen atoms in total. The molecule has 1 unspecified atom stereocenters. The minimum Gasteiger partial charge on any atom is -0.359 e. The molecule has 1 atom stereocenters. The van der Waals surface area contributed by atoms with E-state index in [-0.39, 0.29) is 5.91 Å². The summed E-state index contributed by atoms with van der Waals surface area (Å²) >= 11 is 0. The van der Waals surface area contributed by atoms with Crippen LogP contribution in [0.25, 0.3) is 0 Å². The Bertz CT molecular complexity index is 171. The lowest BCUT2D eigenvalue weighted by Gasteiger charge is -2.13. The SMILES string of the molecule is CCCCCCCC(C)NCCC(=O)NC. The molecule has 0 bridgehead atoms. The van der Waals surface area contributed by atoms with Crippen LogP contribution in [0.15, 0.2) is 0 Å². The summed E-state index contributed by atoms with van der Waals surface area (Å²) in [6.45, 7) is 5.22. The van der Waals surface area contributed by atoms with Gasteiger partial charge in [0.05, 0.1) is 0 Å². The summed E-state index contributed by atoms with van der Waals surface area (Å²) in [7, 11) is 1.68. The summed E-state index contributed by atoms with van der Waals surface area (Å²) in [6.07, 6.45) is 8.47. The summed E-state index contributed by atoms with van der Waals surface area (Å²) < 4.78 is 0. The predicted octanol–water partition coefficient (Wildman–Crippen LogP) is 2.46. The summed E-state index contributed by atoms with van der Waals surface area (Å²) in [4.78, 5) is 11.0. The van der Waals surface area contributed by atoms with Crippen LogP contribution in [-0.2, 0) is 4.79 Å². The maximum atomic E-state index is 11.0. The van der Waals surface area contributed by atoms with Gasteiger partial charge in [0, 0.05) is 26.1 Å². The third kappa shape index (κ3) is 9.97. The average molecular weight is 228 g/mol. The molecule has 0 spiro atoms. The molecule has 0 aromatic carbocycles. The summed E-state index contributed by atoms with van der Waals surface area (Å²) in [5, 5.41) is 6.00. The Labute approximate surface area is 100 Å². The summed E-state index contributed by atoms with van der Waals surface area (Å²) in [6, 6.07) is 0.534. The Morgan fingerprint density at radius 3 is 2.50 bits per heavy atom. The number of carbonyl (C=O) groups is 1. The topological polar surface area (TPSA) is 41.1 Å². The van der Waals surface area contributed by atoms with Crippen LogP contribution in [0.2, 0.25) is 0 Å². The van der Waals surface area contributed by atoms with Crippen molar-refractivity contribution in [2.45, 2.75) is 64.8 Å². The first-order valence-electron chi connectivity index (χ1n) is 6.64. The van der Waals surface area contributed by atoms with E-state index in [1.54, 1.807) is 7.05 Å². The van der Waals surface area contributed by atoms with E-state index in [4.69, 9.17) is 0 Å². The standard InChI is InChI=1S/C13H28N2O/c1-4-5-6-7-8-9-12(2)15-11-10-13(16)14-3/h12,15H,4-11H2,1-3H3,(H,14,16). The third-order valence-electron chi connectivity index (χ3n) is 2.86. The van der Waals surface area contributed by atoms with Crippen LogP contribution in [0, 0.1) is 0 Å². The molecule has 16 heavy (non-hydrogen) atoms. The van der Waals surface area contributed by atoms with Gasteiger partial charge in [0.1, 0.15) is 0 Å². The van der Waals surface area contributed by atoms with Crippen molar-refractivity contribution in [3.63, 3.8) is 0 Å². The van der Waals surface area contributed by atoms with E-state index in [2.05, 4.69) is 24.5 Å². The number of nitrogens with one attached hydrogen (secondary N) is 2. The molecule has 2 N–H and O–H groups in total. The van der Waals surface area contributed by atoms with Gasteiger partial charge in [-0.2, -0.15) is 0 Å². The van der Waals surface area contributed by atoms with Crippen molar-refractivity contribution in [2.24, 2.45) is 0 Å². The Kier molecular flexibility index (Phi) is 10.5. The zero-order chi connectivity index (χ0) is 12.2. The molecular formula is C13H28N2O. The third-order valence-corrected chi connectivity index (χ3v) is 2.86. The quantitative estimate of drug-likeness (QED) is 0.564. The van der Waals surface area contributed by atoms with Crippen LogP contribution in [0.3, 0.4) is 0 Å². The molecule has 0 rings (SSSR count). The highest BCUT2D eigenvalue weighted by Crippen LogP contribution is 2.06. The van der Waals surface area contributed by atoms with Crippen molar-refractivity contribution in [2.75, 3.05) is 13.6 Å². The molecule has 0 aromatic rings. The van der Waals surface area contributed by atoms with Gasteiger partial charge in [-0.3, -0.25) is 4.79 Å². The number of hydrogen-bond donors (Lipinski definition) is 2. The smallest absolute Gasteiger partial charge is 0.221 e. The normalized spacial score (nSPS) is 12.4. The van der Waals surface area contributed by atoms with E-state index in [9.17, 15) is 4.79 Å². The Morgan fingerprint density at radius 1 is 1.19 bits per heavy atom. The van der Waals surface area contributed by atoms with Gasteiger partial charge < -0.3 is 10.6 Å². The lowest BCUT2D eigenvalue weighted by atomic mass is 10.1. The Hall–Kier alpha value is -0.570. The molecule has 0 fully saturated rings. The molecule has 0 aliphatic carbocycles. The molecule has 0 heterocycles. The number of amides is 1. The highest BCUT2D eigenvalue weighted by Gasteiger charge is 2.02. The molecule has 0 aliphatic rings. The van der Waals surface area contributed by atoms with Crippen molar-refractivity contribution in [1.29, 1.82) is 0 Å². The summed E-state index contributed by atoms with van der Waals surface area (Å²) in [5.74, 6) is 0.114. The fourth-order valence-corrected chi connectivity index (χ4v) is 1.71. The second kappa shape index (κ2) is 10.9. The predicted molar refractivity (Wildman–Crippen MR) is 69.5 cm³/mol. The maximum Gasteiger partial charge on any atom is 0.221 e. The van der Waals surface area contributed by atoms with Gasteiger partial charge in [0.25, 0.3) is 0 Å². The van der Waals surface area contributed by atoms with E-state index in [0.29, 0.717) is 12.5 Å². The highest BCUT2D eigenvalue weighted by molar-refractivity contribution is 5.75. The zero-order valence-corrected chi connectivity index (χ0v) is 11.1. The largest absolute Gasteiger partial charge is 0.359 e. The first-order valence-corrected chi connectivity index (χ1v) is 6.64. The fourth-order valence-electron chi connectivity index (χ4n) is 1.71. The van der Waals surface area contributed by atoms with E-state index in [1.165, 1.54) is 38.5 Å². The van der Waals surface area contributed by atoms with Crippen LogP contribution < -0.4 is 10.6 Å². The van der Waals surface area contributed by atoms with Crippen LogP contribution >= 0.6 is 0 Å². The second-order valence-electron chi connectivity index (χ2n) is 4.48. The van der Waals surface area contributed by atoms with Gasteiger partial charge >= 0.3 is 0 Å². The van der Waals surface area contributed by atoms with Crippen molar-refractivity contribution in [3.05, 3.63) is 0 Å². The molecular weight excluding hydrogens is 200 g/mol. The van der Waals surface area contributed by atoms with Gasteiger partial charge in [-0.05, 0) is 13.3 Å². The molecule has 0 aliphatic heterocycles. The van der Waals surface area contributed by atoms with Crippen LogP contribution in [0.1, 0.15) is 58.8 Å². The maximum absolute atomic E-state index is 11.0. The van der Waals surface area contributed by atoms with Gasteiger partial charge in [-0.15, -0.1) is 0 Å². The van der Waals surface area contributed by atoms with Gasteiger partial charge in [-0.25, -0.2) is 0 Å². The first-order chi connectivity index (χ1) is 7.70. The number of hydrogen-bond acceptors (Lipinski definition) is 2. The molecule has 96 valence electrons. The molecule has 1 amide bonds. The van der Waals surface area contributed by atoms with E-state index in [0.717, 1.165) is 6.54 Å². The van der Waals surface area contributed by atoms with E-state index >= 15 is 0 Å². The van der Waals surface area contributed by atoms with Crippen molar-refractivity contribution >= 4 is 5.91 Å². The van der Waals surface area contributed by atoms with Gasteiger partial charge in [0.2, 0.25) is 5.91 Å². The minimum atomic E-state index is 0.114. The lowest BCUT2D eigenvalue weighted by molar-refractivity contribution is -0.120. The van der Waals surface area contributed by atoms with Gasteiger partial charge in [0.15, 0.2) is 0 Å². The van der Waals surface area contributed by atoms with Crippen LogP contribution in [0.4, 0.5) is 0 Å². The molecule has 0 radical (unpaired) electrons. The van der Waals surface area contributed by atoms with Crippen molar-refractivity contribution < 1.29 is 4.79 Å². The van der Waals surface area contributed by atoms with Crippen LogP contribution in [-0.4, -0.2) is 25.5 Å². The Balaban J connectivity index is 3.24. The van der Waals surface area contributed by atoms with E-state index in [1.807, 2.05) is 0 Å². The van der Waals surface area contributed by atoms with E-state index < -0.39 is 0 Å². The molecule has 3 heteroatoms. The monoisotopic (exact) mass is 228 g/mol. The average Bonchev–Trinajstić information content (AvgIpc) is 2.28. The fraction of sp³-hybridized carbons (Fsp3) is 0.923. The zero-order valence-electron chi connectivity index (χ0n) is 11.1. The van der Waals surface area contributed by atoms with Crippen molar-refractivity contribution in [3.8, 4) is 0 Å². The Morgan fingerprint density at radius 2 is 1.88 bits per heavy atom. The molecule has 0 saturated heterocycles. The number of rotatable bonds is 10. The minimum absolute atomic E-state index is 0.114. The lowest BCUT2D eigenvalue weighted by Crippen LogP contribution is -2.30. The second-order valence-corrected chi connectivity index (χ2v) is 4.48. The van der Waals surface area contributed by atoms with Crippen LogP contribution in [0.5, 0.6) is 0 Å². The number of unbranched alkanes of at least 4 members (excludes halogenated alkanes) is 4. The number of carbonyl (C=O) groups excluding carboxylic acids is 1. The first kappa shape index (κ1) is 15.4. The molecule has 0 aromatic heterocycles. The summed E-state index contributed by atoms with van der Waals surface area (Å²) in [5.41, 5.74) is 0. The highest BCUT2D eigenvalue weighted by atomic mass is 16.1. The molecule has 0 saturated carbocycles. The van der Waals surface area contributed by atoms with Gasteiger partial charge in [-0.1, -0.05) is 39.0 Å².